The molecule has 1 aliphatic rings. The average Bonchev–Trinajstić information content (AvgIpc) is 2.44. The van der Waals surface area contributed by atoms with Gasteiger partial charge in [0.1, 0.15) is 11.4 Å². The Labute approximate surface area is 148 Å². The second-order valence-corrected chi connectivity index (χ2v) is 9.24. The molecule has 0 N–H and O–H groups in total. The predicted molar refractivity (Wildman–Crippen MR) is 93.0 cm³/mol. The molecule has 0 spiro atoms. The summed E-state index contributed by atoms with van der Waals surface area (Å²) in [5, 5.41) is 0. The summed E-state index contributed by atoms with van der Waals surface area (Å²) in [5.41, 5.74) is -0.195. The minimum Gasteiger partial charge on any atom is -0.444 e. The number of carbonyl (C=O) groups is 1. The third kappa shape index (κ3) is 5.40. The van der Waals surface area contributed by atoms with Gasteiger partial charge in [-0.05, 0) is 45.4 Å². The zero-order valence-electron chi connectivity index (χ0n) is 15.0. The second kappa shape index (κ2) is 7.29. The van der Waals surface area contributed by atoms with Crippen molar-refractivity contribution in [2.45, 2.75) is 45.1 Å². The molecule has 6 nitrogen and oxygen atoms in total. The van der Waals surface area contributed by atoms with Gasteiger partial charge in [-0.2, -0.15) is 4.31 Å². The van der Waals surface area contributed by atoms with Crippen LogP contribution in [0.3, 0.4) is 0 Å². The summed E-state index contributed by atoms with van der Waals surface area (Å²) in [4.78, 5) is 13.7. The number of hydrogen-bond acceptors (Lipinski definition) is 4. The molecule has 2 rings (SSSR count). The zero-order valence-corrected chi connectivity index (χ0v) is 15.8. The number of nitrogens with zero attached hydrogens (tertiary/aromatic N) is 2. The zero-order chi connectivity index (χ0) is 18.8. The highest BCUT2D eigenvalue weighted by atomic mass is 32.2. The van der Waals surface area contributed by atoms with Gasteiger partial charge >= 0.3 is 6.09 Å². The van der Waals surface area contributed by atoms with Crippen molar-refractivity contribution in [2.75, 3.05) is 19.6 Å². The maximum absolute atomic E-state index is 13.3. The van der Waals surface area contributed by atoms with E-state index in [0.29, 0.717) is 5.56 Å². The molecule has 140 valence electrons. The fraction of sp³-hybridized carbons (Fsp3) is 0.588. The van der Waals surface area contributed by atoms with Crippen LogP contribution in [-0.2, 0) is 20.5 Å². The third-order valence-corrected chi connectivity index (χ3v) is 5.67. The Hall–Kier alpha value is -1.67. The maximum Gasteiger partial charge on any atom is 0.410 e. The van der Waals surface area contributed by atoms with E-state index in [9.17, 15) is 17.6 Å². The molecule has 0 aliphatic carbocycles. The van der Waals surface area contributed by atoms with Crippen LogP contribution in [0.2, 0.25) is 0 Å². The average molecular weight is 372 g/mol. The van der Waals surface area contributed by atoms with Crippen LogP contribution in [0.5, 0.6) is 0 Å². The van der Waals surface area contributed by atoms with Crippen molar-refractivity contribution in [3.05, 3.63) is 35.6 Å². The molecule has 1 unspecified atom stereocenters. The predicted octanol–water partition coefficient (Wildman–Crippen LogP) is 2.60. The highest BCUT2D eigenvalue weighted by molar-refractivity contribution is 7.88. The first-order valence-corrected chi connectivity index (χ1v) is 9.81. The summed E-state index contributed by atoms with van der Waals surface area (Å²) < 4.78 is 45.1. The number of halogens is 1. The van der Waals surface area contributed by atoms with Gasteiger partial charge in [0, 0.05) is 25.7 Å². The van der Waals surface area contributed by atoms with E-state index in [0.717, 1.165) is 0 Å². The van der Waals surface area contributed by atoms with Crippen LogP contribution in [0.15, 0.2) is 24.3 Å². The van der Waals surface area contributed by atoms with Gasteiger partial charge in [0.05, 0.1) is 5.75 Å². The number of rotatable bonds is 3. The van der Waals surface area contributed by atoms with Gasteiger partial charge in [0.15, 0.2) is 0 Å². The number of carbonyl (C=O) groups excluding carboxylic acids is 1. The summed E-state index contributed by atoms with van der Waals surface area (Å²) in [6, 6.07) is 5.27. The number of hydrogen-bond donors (Lipinski definition) is 0. The highest BCUT2D eigenvalue weighted by Gasteiger charge is 2.35. The molecule has 0 aromatic heterocycles. The van der Waals surface area contributed by atoms with Crippen LogP contribution < -0.4 is 0 Å². The Bertz CT molecular complexity index is 730. The number of benzene rings is 1. The maximum atomic E-state index is 13.3. The first kappa shape index (κ1) is 19.7. The molecular formula is C17H25FN2O4S. The minimum absolute atomic E-state index is 0.191. The van der Waals surface area contributed by atoms with Crippen molar-refractivity contribution in [2.24, 2.45) is 0 Å². The first-order valence-electron chi connectivity index (χ1n) is 8.20. The molecule has 1 aliphatic heterocycles. The van der Waals surface area contributed by atoms with E-state index in [1.165, 1.54) is 22.5 Å². The lowest BCUT2D eigenvalue weighted by Crippen LogP contribution is -2.56. The van der Waals surface area contributed by atoms with E-state index in [-0.39, 0.29) is 31.4 Å². The van der Waals surface area contributed by atoms with Crippen molar-refractivity contribution in [1.29, 1.82) is 0 Å². The minimum atomic E-state index is -3.58. The summed E-state index contributed by atoms with van der Waals surface area (Å²) in [6.07, 6.45) is -0.442. The van der Waals surface area contributed by atoms with Gasteiger partial charge in [0.25, 0.3) is 0 Å². The number of ether oxygens (including phenoxy) is 1. The van der Waals surface area contributed by atoms with Crippen molar-refractivity contribution in [3.63, 3.8) is 0 Å². The third-order valence-electron chi connectivity index (χ3n) is 3.85. The molecule has 0 radical (unpaired) electrons. The van der Waals surface area contributed by atoms with Crippen LogP contribution in [0.4, 0.5) is 9.18 Å². The molecule has 1 aromatic carbocycles. The quantitative estimate of drug-likeness (QED) is 0.818. The van der Waals surface area contributed by atoms with Crippen LogP contribution in [0.25, 0.3) is 0 Å². The van der Waals surface area contributed by atoms with Crippen molar-refractivity contribution in [1.82, 2.24) is 9.21 Å². The fourth-order valence-corrected chi connectivity index (χ4v) is 4.28. The summed E-state index contributed by atoms with van der Waals surface area (Å²) >= 11 is 0. The van der Waals surface area contributed by atoms with E-state index in [4.69, 9.17) is 4.74 Å². The molecule has 8 heteroatoms. The lowest BCUT2D eigenvalue weighted by atomic mass is 10.2. The fourth-order valence-electron chi connectivity index (χ4n) is 2.70. The topological polar surface area (TPSA) is 66.9 Å². The van der Waals surface area contributed by atoms with E-state index in [1.807, 2.05) is 0 Å². The van der Waals surface area contributed by atoms with E-state index >= 15 is 0 Å². The van der Waals surface area contributed by atoms with Gasteiger partial charge in [-0.25, -0.2) is 17.6 Å². The summed E-state index contributed by atoms with van der Waals surface area (Å²) in [6.45, 7) is 7.80. The lowest BCUT2D eigenvalue weighted by Gasteiger charge is -2.39. The van der Waals surface area contributed by atoms with Crippen LogP contribution >= 0.6 is 0 Å². The lowest BCUT2D eigenvalue weighted by molar-refractivity contribution is 0.00857. The van der Waals surface area contributed by atoms with Crippen LogP contribution in [0.1, 0.15) is 33.3 Å². The van der Waals surface area contributed by atoms with E-state index in [1.54, 1.807) is 38.7 Å². The highest BCUT2D eigenvalue weighted by Crippen LogP contribution is 2.19. The Morgan fingerprint density at radius 1 is 1.32 bits per heavy atom. The standard InChI is InChI=1S/C17H25FN2O4S/c1-13-11-19(8-9-20(13)16(21)24-17(2,3)4)25(22,23)12-14-6-5-7-15(18)10-14/h5-7,10,13H,8-9,11-12H2,1-4H3. The number of amides is 1. The molecule has 1 aromatic rings. The van der Waals surface area contributed by atoms with Gasteiger partial charge < -0.3 is 9.64 Å². The van der Waals surface area contributed by atoms with Crippen molar-refractivity contribution in [3.8, 4) is 0 Å². The molecule has 1 atom stereocenters. The molecule has 1 heterocycles. The number of sulfonamides is 1. The van der Waals surface area contributed by atoms with Gasteiger partial charge in [-0.15, -0.1) is 0 Å². The largest absolute Gasteiger partial charge is 0.444 e. The molecule has 25 heavy (non-hydrogen) atoms. The summed E-state index contributed by atoms with van der Waals surface area (Å²) in [5.74, 6) is -0.722. The first-order chi connectivity index (χ1) is 11.5. The summed E-state index contributed by atoms with van der Waals surface area (Å²) in [7, 11) is -3.58. The Morgan fingerprint density at radius 3 is 2.56 bits per heavy atom. The second-order valence-electron chi connectivity index (χ2n) is 7.27. The molecular weight excluding hydrogens is 347 g/mol. The molecule has 1 fully saturated rings. The van der Waals surface area contributed by atoms with Crippen LogP contribution in [-0.4, -0.2) is 55.0 Å². The number of piperazine rings is 1. The van der Waals surface area contributed by atoms with Gasteiger partial charge in [-0.3, -0.25) is 0 Å². The van der Waals surface area contributed by atoms with Crippen molar-refractivity contribution >= 4 is 16.1 Å². The Balaban J connectivity index is 2.03. The van der Waals surface area contributed by atoms with Gasteiger partial charge in [-0.1, -0.05) is 12.1 Å². The molecule has 1 amide bonds. The Morgan fingerprint density at radius 2 is 2.00 bits per heavy atom. The normalized spacial score (nSPS) is 19.7. The van der Waals surface area contributed by atoms with Crippen molar-refractivity contribution < 1.29 is 22.3 Å². The Kier molecular flexibility index (Phi) is 5.73. The van der Waals surface area contributed by atoms with E-state index in [2.05, 4.69) is 0 Å². The molecule has 0 bridgehead atoms. The van der Waals surface area contributed by atoms with Gasteiger partial charge in [0.2, 0.25) is 10.0 Å². The van der Waals surface area contributed by atoms with E-state index < -0.39 is 27.5 Å². The molecule has 1 saturated heterocycles. The monoisotopic (exact) mass is 372 g/mol. The molecule has 0 saturated carbocycles. The SMILES string of the molecule is CC1CN(S(=O)(=O)Cc2cccc(F)c2)CCN1C(=O)OC(C)(C)C. The van der Waals surface area contributed by atoms with Crippen LogP contribution in [0, 0.1) is 5.82 Å². The smallest absolute Gasteiger partial charge is 0.410 e.